The van der Waals surface area contributed by atoms with Gasteiger partial charge in [-0.25, -0.2) is 4.39 Å². The fourth-order valence-corrected chi connectivity index (χ4v) is 9.82. The summed E-state index contributed by atoms with van der Waals surface area (Å²) in [4.78, 5) is 0. The molecule has 6 heteroatoms. The number of nitrogens with one attached hydrogen (secondary N) is 1. The minimum Gasteiger partial charge on any atom is -0.375 e. The first kappa shape index (κ1) is 38.5. The fourth-order valence-electron chi connectivity index (χ4n) is 9.63. The van der Waals surface area contributed by atoms with Gasteiger partial charge < -0.3 is 5.32 Å². The number of aryl methyl sites for hydroxylation is 1. The Morgan fingerprint density at radius 1 is 1.06 bits per heavy atom. The van der Waals surface area contributed by atoms with Gasteiger partial charge in [0, 0.05) is 10.7 Å². The molecule has 1 spiro atoms. The van der Waals surface area contributed by atoms with Crippen molar-refractivity contribution in [3.63, 3.8) is 0 Å². The molecule has 5 rings (SSSR count). The Kier molecular flexibility index (Phi) is 12.9. The molecule has 0 radical (unpaired) electrons. The van der Waals surface area contributed by atoms with Crippen molar-refractivity contribution >= 4 is 17.3 Å². The molecule has 2 saturated carbocycles. The SMILES string of the molecule is CC=C/C(CCCCC1Cc2cc(F)c(CCC)cc2C12CCC(Nc1cccc(Cl)c1)(C(=C=CC(F)(F)F)CC)CC2)=C1/CCCCC1C. The van der Waals surface area contributed by atoms with E-state index in [0.29, 0.717) is 48.1 Å². The number of unbranched alkanes of at least 4 members (excludes halogenated alkanes) is 1. The van der Waals surface area contributed by atoms with Crippen molar-refractivity contribution in [3.8, 4) is 0 Å². The van der Waals surface area contributed by atoms with E-state index in [1.54, 1.807) is 17.7 Å². The van der Waals surface area contributed by atoms with Crippen LogP contribution < -0.4 is 5.32 Å². The van der Waals surface area contributed by atoms with Crippen molar-refractivity contribution in [3.05, 3.63) is 105 Å². The molecular weight excluding hydrogens is 654 g/mol. The molecule has 2 unspecified atom stereocenters. The smallest absolute Gasteiger partial charge is 0.375 e. The first-order valence-electron chi connectivity index (χ1n) is 19.2. The van der Waals surface area contributed by atoms with Gasteiger partial charge >= 0.3 is 6.18 Å². The first-order valence-corrected chi connectivity index (χ1v) is 19.6. The lowest BCUT2D eigenvalue weighted by Gasteiger charge is -2.49. The Labute approximate surface area is 303 Å². The molecular formula is C44H56ClF4N. The van der Waals surface area contributed by atoms with Crippen molar-refractivity contribution < 1.29 is 17.6 Å². The van der Waals surface area contributed by atoms with Gasteiger partial charge in [-0.3, -0.25) is 0 Å². The highest BCUT2D eigenvalue weighted by Gasteiger charge is 2.52. The van der Waals surface area contributed by atoms with Crippen LogP contribution in [0.1, 0.15) is 134 Å². The number of hydrogen-bond donors (Lipinski definition) is 1. The molecule has 2 atom stereocenters. The van der Waals surface area contributed by atoms with Gasteiger partial charge in [-0.05, 0) is 160 Å². The summed E-state index contributed by atoms with van der Waals surface area (Å²) in [5, 5.41) is 4.25. The van der Waals surface area contributed by atoms with Crippen molar-refractivity contribution in [1.29, 1.82) is 0 Å². The van der Waals surface area contributed by atoms with Crippen LogP contribution >= 0.6 is 11.6 Å². The Bertz CT molecular complexity index is 1600. The number of rotatable bonds is 12. The van der Waals surface area contributed by atoms with Crippen LogP contribution in [0.5, 0.6) is 0 Å². The number of alkyl halides is 3. The summed E-state index contributed by atoms with van der Waals surface area (Å²) < 4.78 is 55.8. The largest absolute Gasteiger partial charge is 0.416 e. The van der Waals surface area contributed by atoms with Crippen molar-refractivity contribution in [2.24, 2.45) is 11.8 Å². The molecule has 1 nitrogen and oxygen atoms in total. The zero-order valence-electron chi connectivity index (χ0n) is 30.6. The standard InChI is InChI=1S/C44H56ClF4N/c1-5-13-32(39-20-11-8-15-31(39)4)16-9-10-17-36-27-34-29-41(46)33(14-6-2)28-40(34)42(36)23-25-43(26-24-42,35(7-3)21-22-44(47,48)49)50-38-19-12-18-37(45)30-38/h5,12-13,18-19,22,28-31,36,50H,6-11,14-17,20,23-27H2,1-4H3/b13-5?,39-32+. The third-order valence-electron chi connectivity index (χ3n) is 12.1. The van der Waals surface area contributed by atoms with Crippen LogP contribution in [0.2, 0.25) is 5.02 Å². The van der Waals surface area contributed by atoms with Gasteiger partial charge in [0.05, 0.1) is 11.6 Å². The molecule has 1 N–H and O–H groups in total. The average Bonchev–Trinajstić information content (AvgIpc) is 3.35. The summed E-state index contributed by atoms with van der Waals surface area (Å²) in [6, 6.07) is 11.4. The molecule has 2 fully saturated rings. The van der Waals surface area contributed by atoms with Gasteiger partial charge in [-0.2, -0.15) is 13.2 Å². The van der Waals surface area contributed by atoms with Gasteiger partial charge in [-0.15, -0.1) is 5.73 Å². The molecule has 50 heavy (non-hydrogen) atoms. The minimum atomic E-state index is -4.44. The normalized spacial score (nSPS) is 26.2. The lowest BCUT2D eigenvalue weighted by atomic mass is 9.58. The quantitative estimate of drug-likeness (QED) is 0.131. The summed E-state index contributed by atoms with van der Waals surface area (Å²) in [6.07, 6.45) is 15.7. The second-order valence-electron chi connectivity index (χ2n) is 15.2. The average molecular weight is 710 g/mol. The molecule has 3 aliphatic rings. The van der Waals surface area contributed by atoms with Crippen LogP contribution in [0, 0.1) is 17.7 Å². The molecule has 2 aromatic rings. The Morgan fingerprint density at radius 3 is 2.50 bits per heavy atom. The van der Waals surface area contributed by atoms with Crippen LogP contribution in [0.4, 0.5) is 23.2 Å². The van der Waals surface area contributed by atoms with Gasteiger partial charge in [0.1, 0.15) is 5.82 Å². The zero-order valence-corrected chi connectivity index (χ0v) is 31.3. The van der Waals surface area contributed by atoms with E-state index in [9.17, 15) is 13.2 Å². The topological polar surface area (TPSA) is 12.0 Å². The maximum absolute atomic E-state index is 15.4. The van der Waals surface area contributed by atoms with Gasteiger partial charge in [0.15, 0.2) is 0 Å². The van der Waals surface area contributed by atoms with E-state index in [1.807, 2.05) is 25.1 Å². The molecule has 0 saturated heterocycles. The fraction of sp³-hybridized carbons (Fsp3) is 0.568. The maximum Gasteiger partial charge on any atom is 0.416 e. The Hall–Kier alpha value is -2.75. The van der Waals surface area contributed by atoms with Crippen molar-refractivity contribution in [2.75, 3.05) is 5.32 Å². The van der Waals surface area contributed by atoms with Crippen LogP contribution in [-0.4, -0.2) is 11.7 Å². The number of benzene rings is 2. The monoisotopic (exact) mass is 709 g/mol. The van der Waals surface area contributed by atoms with Gasteiger partial charge in [0.2, 0.25) is 0 Å². The van der Waals surface area contributed by atoms with E-state index >= 15 is 4.39 Å². The Balaban J connectivity index is 1.46. The number of allylic oxidation sites excluding steroid dienone is 4. The molecule has 0 aromatic heterocycles. The molecule has 0 bridgehead atoms. The van der Waals surface area contributed by atoms with Crippen LogP contribution in [-0.2, 0) is 18.3 Å². The number of hydrogen-bond acceptors (Lipinski definition) is 1. The highest BCUT2D eigenvalue weighted by atomic mass is 35.5. The highest BCUT2D eigenvalue weighted by Crippen LogP contribution is 2.57. The predicted octanol–water partition coefficient (Wildman–Crippen LogP) is 14.0. The third-order valence-corrected chi connectivity index (χ3v) is 12.3. The van der Waals surface area contributed by atoms with Gasteiger partial charge in [0.25, 0.3) is 0 Å². The second kappa shape index (κ2) is 16.7. The summed E-state index contributed by atoms with van der Waals surface area (Å²) in [6.45, 7) is 8.49. The van der Waals surface area contributed by atoms with Gasteiger partial charge in [-0.1, -0.05) is 81.5 Å². The first-order chi connectivity index (χ1) is 23.9. The minimum absolute atomic E-state index is 0.105. The summed E-state index contributed by atoms with van der Waals surface area (Å²) >= 11 is 6.36. The van der Waals surface area contributed by atoms with Crippen LogP contribution in [0.3, 0.4) is 0 Å². The third kappa shape index (κ3) is 8.82. The van der Waals surface area contributed by atoms with Crippen molar-refractivity contribution in [2.45, 2.75) is 148 Å². The van der Waals surface area contributed by atoms with E-state index in [-0.39, 0.29) is 17.3 Å². The summed E-state index contributed by atoms with van der Waals surface area (Å²) in [7, 11) is 0. The maximum atomic E-state index is 15.4. The van der Waals surface area contributed by atoms with E-state index in [1.165, 1.54) is 36.8 Å². The van der Waals surface area contributed by atoms with E-state index < -0.39 is 11.7 Å². The predicted molar refractivity (Wildman–Crippen MR) is 201 cm³/mol. The summed E-state index contributed by atoms with van der Waals surface area (Å²) in [5.74, 6) is 0.918. The Morgan fingerprint density at radius 2 is 1.84 bits per heavy atom. The molecule has 0 amide bonds. The highest BCUT2D eigenvalue weighted by molar-refractivity contribution is 6.30. The molecule has 0 aliphatic heterocycles. The summed E-state index contributed by atoms with van der Waals surface area (Å²) in [5.41, 5.74) is 9.65. The van der Waals surface area contributed by atoms with E-state index in [4.69, 9.17) is 11.6 Å². The lowest BCUT2D eigenvalue weighted by Crippen LogP contribution is -2.49. The number of halogens is 5. The molecule has 0 heterocycles. The number of fused-ring (bicyclic) bond motifs is 2. The van der Waals surface area contributed by atoms with E-state index in [2.05, 4.69) is 50.0 Å². The van der Waals surface area contributed by atoms with Crippen LogP contribution in [0.25, 0.3) is 0 Å². The lowest BCUT2D eigenvalue weighted by molar-refractivity contribution is -0.0797. The molecule has 3 aliphatic carbocycles. The van der Waals surface area contributed by atoms with Crippen molar-refractivity contribution in [1.82, 2.24) is 0 Å². The van der Waals surface area contributed by atoms with E-state index in [0.717, 1.165) is 68.2 Å². The molecule has 272 valence electrons. The number of anilines is 1. The second-order valence-corrected chi connectivity index (χ2v) is 15.7. The zero-order chi connectivity index (χ0) is 35.9. The van der Waals surface area contributed by atoms with Crippen LogP contribution in [0.15, 0.2) is 77.1 Å². The molecule has 2 aromatic carbocycles.